The first-order chi connectivity index (χ1) is 13.3. The molecule has 0 aliphatic carbocycles. The average molecular weight is 389 g/mol. The second-order valence-electron chi connectivity index (χ2n) is 6.74. The Morgan fingerprint density at radius 3 is 2.54 bits per heavy atom. The molecule has 0 aromatic heterocycles. The Labute approximate surface area is 165 Å². The van der Waals surface area contributed by atoms with Gasteiger partial charge in [0.2, 0.25) is 5.91 Å². The number of carbonyl (C=O) groups is 3. The Morgan fingerprint density at radius 2 is 1.93 bits per heavy atom. The Morgan fingerprint density at radius 1 is 1.25 bits per heavy atom. The van der Waals surface area contributed by atoms with Gasteiger partial charge in [0.1, 0.15) is 12.3 Å². The van der Waals surface area contributed by atoms with Gasteiger partial charge < -0.3 is 19.1 Å². The molecule has 0 saturated carbocycles. The zero-order chi connectivity index (χ0) is 20.8. The Kier molecular flexibility index (Phi) is 7.20. The van der Waals surface area contributed by atoms with Crippen molar-refractivity contribution < 1.29 is 28.6 Å². The van der Waals surface area contributed by atoms with Crippen molar-refractivity contribution >= 4 is 17.8 Å². The molecule has 28 heavy (non-hydrogen) atoms. The summed E-state index contributed by atoms with van der Waals surface area (Å²) in [7, 11) is 1.54. The number of amides is 1. The van der Waals surface area contributed by atoms with E-state index in [2.05, 4.69) is 0 Å². The average Bonchev–Trinajstić information content (AvgIpc) is 2.64. The van der Waals surface area contributed by atoms with Crippen LogP contribution >= 0.6 is 0 Å². The standard InChI is InChI=1S/C21H27NO6/c1-6-27-19(24)12-22-14(4)20(21(25)28-13(2)3)16(11-18(22)23)15-9-7-8-10-17(15)26-5/h7-10,13,16H,6,11-12H2,1-5H3. The first-order valence-corrected chi connectivity index (χ1v) is 9.30. The van der Waals surface area contributed by atoms with Gasteiger partial charge in [-0.3, -0.25) is 9.59 Å². The minimum Gasteiger partial charge on any atom is -0.496 e. The maximum Gasteiger partial charge on any atom is 0.336 e. The summed E-state index contributed by atoms with van der Waals surface area (Å²) in [5, 5.41) is 0. The largest absolute Gasteiger partial charge is 0.496 e. The molecule has 1 aliphatic heterocycles. The monoisotopic (exact) mass is 389 g/mol. The normalized spacial score (nSPS) is 17.0. The Bertz CT molecular complexity index is 783. The zero-order valence-corrected chi connectivity index (χ0v) is 17.0. The number of allylic oxidation sites excluding steroid dienone is 1. The highest BCUT2D eigenvalue weighted by Gasteiger charge is 2.39. The first kappa shape index (κ1) is 21.5. The summed E-state index contributed by atoms with van der Waals surface area (Å²) in [6, 6.07) is 7.26. The van der Waals surface area contributed by atoms with Crippen molar-refractivity contribution in [3.8, 4) is 5.75 Å². The van der Waals surface area contributed by atoms with Gasteiger partial charge in [0.05, 0.1) is 25.4 Å². The van der Waals surface area contributed by atoms with Crippen molar-refractivity contribution in [1.29, 1.82) is 0 Å². The summed E-state index contributed by atoms with van der Waals surface area (Å²) >= 11 is 0. The number of hydrogen-bond acceptors (Lipinski definition) is 6. The molecule has 7 heteroatoms. The molecule has 1 aromatic rings. The molecule has 1 atom stereocenters. The van der Waals surface area contributed by atoms with Crippen LogP contribution in [-0.4, -0.2) is 49.1 Å². The van der Waals surface area contributed by atoms with Crippen LogP contribution in [0.2, 0.25) is 0 Å². The fourth-order valence-corrected chi connectivity index (χ4v) is 3.30. The highest BCUT2D eigenvalue weighted by Crippen LogP contribution is 2.40. The van der Waals surface area contributed by atoms with Gasteiger partial charge in [-0.05, 0) is 33.8 Å². The van der Waals surface area contributed by atoms with E-state index in [1.54, 1.807) is 40.9 Å². The van der Waals surface area contributed by atoms with Crippen LogP contribution in [0, 0.1) is 0 Å². The number of hydrogen-bond donors (Lipinski definition) is 0. The van der Waals surface area contributed by atoms with Gasteiger partial charge in [-0.15, -0.1) is 0 Å². The second kappa shape index (κ2) is 9.39. The molecule has 1 heterocycles. The molecule has 1 amide bonds. The topological polar surface area (TPSA) is 82.1 Å². The van der Waals surface area contributed by atoms with Crippen molar-refractivity contribution in [2.75, 3.05) is 20.3 Å². The van der Waals surface area contributed by atoms with E-state index in [-0.39, 0.29) is 31.6 Å². The van der Waals surface area contributed by atoms with Crippen LogP contribution in [0.4, 0.5) is 0 Å². The molecule has 1 aliphatic rings. The van der Waals surface area contributed by atoms with E-state index in [1.807, 2.05) is 18.2 Å². The molecule has 0 spiro atoms. The number of para-hydroxylation sites is 1. The van der Waals surface area contributed by atoms with Crippen molar-refractivity contribution in [2.24, 2.45) is 0 Å². The lowest BCUT2D eigenvalue weighted by Crippen LogP contribution is -2.41. The molecule has 0 N–H and O–H groups in total. The number of nitrogens with zero attached hydrogens (tertiary/aromatic N) is 1. The molecule has 0 saturated heterocycles. The van der Waals surface area contributed by atoms with E-state index in [9.17, 15) is 14.4 Å². The Balaban J connectivity index is 2.53. The number of benzene rings is 1. The third kappa shape index (κ3) is 4.71. The fraction of sp³-hybridized carbons (Fsp3) is 0.476. The fourth-order valence-electron chi connectivity index (χ4n) is 3.30. The van der Waals surface area contributed by atoms with E-state index in [4.69, 9.17) is 14.2 Å². The summed E-state index contributed by atoms with van der Waals surface area (Å²) < 4.78 is 15.8. The molecule has 0 fully saturated rings. The highest BCUT2D eigenvalue weighted by atomic mass is 16.5. The predicted molar refractivity (Wildman–Crippen MR) is 103 cm³/mol. The molecule has 1 aromatic carbocycles. The van der Waals surface area contributed by atoms with Crippen LogP contribution in [0.3, 0.4) is 0 Å². The summed E-state index contributed by atoms with van der Waals surface area (Å²) in [6.07, 6.45) is -0.290. The minimum absolute atomic E-state index is 0.0274. The SMILES string of the molecule is CCOC(=O)CN1C(=O)CC(c2ccccc2OC)C(C(=O)OC(C)C)=C1C. The highest BCUT2D eigenvalue weighted by molar-refractivity contribution is 5.97. The van der Waals surface area contributed by atoms with Gasteiger partial charge >= 0.3 is 11.9 Å². The number of ether oxygens (including phenoxy) is 3. The lowest BCUT2D eigenvalue weighted by molar-refractivity contribution is -0.149. The van der Waals surface area contributed by atoms with Crippen molar-refractivity contribution in [2.45, 2.75) is 46.1 Å². The van der Waals surface area contributed by atoms with Crippen LogP contribution < -0.4 is 4.74 Å². The molecule has 7 nitrogen and oxygen atoms in total. The molecule has 0 radical (unpaired) electrons. The summed E-state index contributed by atoms with van der Waals surface area (Å²) in [4.78, 5) is 38.9. The van der Waals surface area contributed by atoms with Crippen molar-refractivity contribution in [3.63, 3.8) is 0 Å². The van der Waals surface area contributed by atoms with Crippen molar-refractivity contribution in [1.82, 2.24) is 4.90 Å². The van der Waals surface area contributed by atoms with Crippen LogP contribution in [0.1, 0.15) is 45.6 Å². The second-order valence-corrected chi connectivity index (χ2v) is 6.74. The smallest absolute Gasteiger partial charge is 0.336 e. The van der Waals surface area contributed by atoms with Gasteiger partial charge in [-0.1, -0.05) is 18.2 Å². The van der Waals surface area contributed by atoms with Gasteiger partial charge in [0, 0.05) is 23.6 Å². The molecule has 0 bridgehead atoms. The molecule has 2 rings (SSSR count). The number of rotatable bonds is 7. The van der Waals surface area contributed by atoms with E-state index in [0.29, 0.717) is 17.0 Å². The van der Waals surface area contributed by atoms with Gasteiger partial charge in [0.25, 0.3) is 0 Å². The van der Waals surface area contributed by atoms with Gasteiger partial charge in [-0.25, -0.2) is 4.79 Å². The van der Waals surface area contributed by atoms with Gasteiger partial charge in [0.15, 0.2) is 0 Å². The predicted octanol–water partition coefficient (Wildman–Crippen LogP) is 2.80. The summed E-state index contributed by atoms with van der Waals surface area (Å²) in [6.45, 7) is 6.84. The lowest BCUT2D eigenvalue weighted by Gasteiger charge is -2.34. The van der Waals surface area contributed by atoms with Crippen molar-refractivity contribution in [3.05, 3.63) is 41.1 Å². The molecular weight excluding hydrogens is 362 g/mol. The van der Waals surface area contributed by atoms with Crippen LogP contribution in [-0.2, 0) is 23.9 Å². The van der Waals surface area contributed by atoms with E-state index >= 15 is 0 Å². The van der Waals surface area contributed by atoms with Crippen LogP contribution in [0.5, 0.6) is 5.75 Å². The quantitative estimate of drug-likeness (QED) is 0.667. The van der Waals surface area contributed by atoms with E-state index < -0.39 is 17.9 Å². The van der Waals surface area contributed by atoms with E-state index in [0.717, 1.165) is 5.56 Å². The van der Waals surface area contributed by atoms with E-state index in [1.165, 1.54) is 4.90 Å². The molecular formula is C21H27NO6. The zero-order valence-electron chi connectivity index (χ0n) is 17.0. The third-order valence-corrected chi connectivity index (χ3v) is 4.49. The maximum atomic E-state index is 12.9. The van der Waals surface area contributed by atoms with Crippen LogP contribution in [0.25, 0.3) is 0 Å². The number of methoxy groups -OCH3 is 1. The summed E-state index contributed by atoms with van der Waals surface area (Å²) in [5.41, 5.74) is 1.47. The number of carbonyl (C=O) groups excluding carboxylic acids is 3. The summed E-state index contributed by atoms with van der Waals surface area (Å²) in [5.74, 6) is -1.23. The molecule has 1 unspecified atom stereocenters. The Hall–Kier alpha value is -2.83. The van der Waals surface area contributed by atoms with Crippen LogP contribution in [0.15, 0.2) is 35.5 Å². The first-order valence-electron chi connectivity index (χ1n) is 9.30. The van der Waals surface area contributed by atoms with Gasteiger partial charge in [-0.2, -0.15) is 0 Å². The maximum absolute atomic E-state index is 12.9. The third-order valence-electron chi connectivity index (χ3n) is 4.49. The lowest BCUT2D eigenvalue weighted by atomic mass is 9.83. The number of esters is 2. The minimum atomic E-state index is -0.525. The molecule has 152 valence electrons.